The predicted molar refractivity (Wildman–Crippen MR) is 62.7 cm³/mol. The molecule has 1 aromatic heterocycles. The van der Waals surface area contributed by atoms with E-state index in [0.29, 0.717) is 19.4 Å². The number of nitrogens with zero attached hydrogens (tertiary/aromatic N) is 4. The van der Waals surface area contributed by atoms with Gasteiger partial charge in [0.05, 0.1) is 4.92 Å². The van der Waals surface area contributed by atoms with Crippen molar-refractivity contribution in [3.8, 4) is 0 Å². The van der Waals surface area contributed by atoms with Crippen molar-refractivity contribution in [1.82, 2.24) is 9.97 Å². The van der Waals surface area contributed by atoms with Crippen LogP contribution in [0.2, 0.25) is 0 Å². The Balaban J connectivity index is 2.48. The first-order valence-corrected chi connectivity index (χ1v) is 5.33. The normalized spacial score (nSPS) is 18.9. The van der Waals surface area contributed by atoms with E-state index in [1.165, 1.54) is 4.90 Å². The van der Waals surface area contributed by atoms with Crippen molar-refractivity contribution in [2.75, 3.05) is 17.2 Å². The Morgan fingerprint density at radius 3 is 2.89 bits per heavy atom. The van der Waals surface area contributed by atoms with E-state index in [4.69, 9.17) is 11.5 Å². The number of nitrogen functional groups attached to an aromatic ring is 1. The van der Waals surface area contributed by atoms with E-state index in [9.17, 15) is 14.9 Å². The van der Waals surface area contributed by atoms with Crippen molar-refractivity contribution in [2.45, 2.75) is 18.9 Å². The number of nitro groups is 1. The molecule has 2 rings (SSSR count). The number of hydrogen-bond acceptors (Lipinski definition) is 7. The average Bonchev–Trinajstić information content (AvgIpc) is 2.76. The van der Waals surface area contributed by atoms with Crippen molar-refractivity contribution in [3.63, 3.8) is 0 Å². The van der Waals surface area contributed by atoms with E-state index in [-0.39, 0.29) is 17.3 Å². The van der Waals surface area contributed by atoms with Crippen LogP contribution < -0.4 is 16.4 Å². The van der Waals surface area contributed by atoms with Crippen LogP contribution in [0.25, 0.3) is 0 Å². The maximum Gasteiger partial charge on any atom is 0.353 e. The molecular formula is C9H12N6O3. The number of amides is 1. The van der Waals surface area contributed by atoms with Gasteiger partial charge in [-0.25, -0.2) is 9.97 Å². The summed E-state index contributed by atoms with van der Waals surface area (Å²) < 4.78 is 0. The van der Waals surface area contributed by atoms with Crippen LogP contribution in [0.5, 0.6) is 0 Å². The summed E-state index contributed by atoms with van der Waals surface area (Å²) in [5, 5.41) is 11.0. The van der Waals surface area contributed by atoms with Gasteiger partial charge in [0.25, 0.3) is 0 Å². The molecule has 9 heteroatoms. The minimum absolute atomic E-state index is 0.0498. The highest BCUT2D eigenvalue weighted by Gasteiger charge is 2.35. The number of primary amides is 1. The van der Waals surface area contributed by atoms with Crippen LogP contribution in [0.1, 0.15) is 12.8 Å². The fraction of sp³-hybridized carbons (Fsp3) is 0.444. The van der Waals surface area contributed by atoms with E-state index in [2.05, 4.69) is 9.97 Å². The highest BCUT2D eigenvalue weighted by atomic mass is 16.6. The first-order chi connectivity index (χ1) is 8.52. The zero-order chi connectivity index (χ0) is 13.3. The topological polar surface area (TPSA) is 141 Å². The molecule has 1 unspecified atom stereocenters. The summed E-state index contributed by atoms with van der Waals surface area (Å²) in [6.07, 6.45) is 2.40. The summed E-state index contributed by atoms with van der Waals surface area (Å²) in [6, 6.07) is -0.585. The van der Waals surface area contributed by atoms with Crippen molar-refractivity contribution in [1.29, 1.82) is 0 Å². The molecule has 18 heavy (non-hydrogen) atoms. The molecule has 2 heterocycles. The van der Waals surface area contributed by atoms with Crippen LogP contribution in [0.4, 0.5) is 17.3 Å². The maximum absolute atomic E-state index is 11.3. The summed E-state index contributed by atoms with van der Waals surface area (Å²) in [6.45, 7) is 0.477. The largest absolute Gasteiger partial charge is 0.378 e. The standard InChI is InChI=1S/C9H12N6O3/c10-7-6(15(17)18)9(13-4-12-7)14-3-1-2-5(14)8(11)16/h4-5H,1-3H2,(H2,11,16)(H2,10,12,13). The molecule has 0 aromatic carbocycles. The Kier molecular flexibility index (Phi) is 2.96. The third kappa shape index (κ3) is 1.90. The van der Waals surface area contributed by atoms with Crippen molar-refractivity contribution >= 4 is 23.2 Å². The third-order valence-electron chi connectivity index (χ3n) is 2.87. The number of carbonyl (C=O) groups is 1. The third-order valence-corrected chi connectivity index (χ3v) is 2.87. The molecule has 1 aromatic rings. The number of anilines is 2. The Hall–Kier alpha value is -2.45. The summed E-state index contributed by atoms with van der Waals surface area (Å²) in [5.74, 6) is -0.701. The van der Waals surface area contributed by atoms with E-state index < -0.39 is 16.9 Å². The van der Waals surface area contributed by atoms with Gasteiger partial charge in [-0.15, -0.1) is 0 Å². The van der Waals surface area contributed by atoms with Gasteiger partial charge in [0.15, 0.2) is 0 Å². The lowest BCUT2D eigenvalue weighted by Gasteiger charge is -2.22. The van der Waals surface area contributed by atoms with E-state index in [0.717, 1.165) is 6.33 Å². The Morgan fingerprint density at radius 2 is 2.28 bits per heavy atom. The lowest BCUT2D eigenvalue weighted by molar-refractivity contribution is -0.383. The first-order valence-electron chi connectivity index (χ1n) is 5.33. The molecule has 1 atom stereocenters. The maximum atomic E-state index is 11.3. The van der Waals surface area contributed by atoms with Crippen LogP contribution in [0.15, 0.2) is 6.33 Å². The van der Waals surface area contributed by atoms with Crippen LogP contribution in [-0.4, -0.2) is 33.4 Å². The van der Waals surface area contributed by atoms with Gasteiger partial charge < -0.3 is 16.4 Å². The van der Waals surface area contributed by atoms with Crippen LogP contribution in [0, 0.1) is 10.1 Å². The predicted octanol–water partition coefficient (Wildman–Crippen LogP) is -0.579. The lowest BCUT2D eigenvalue weighted by Crippen LogP contribution is -2.41. The second-order valence-corrected chi connectivity index (χ2v) is 3.94. The van der Waals surface area contributed by atoms with Crippen LogP contribution in [-0.2, 0) is 4.79 Å². The Morgan fingerprint density at radius 1 is 1.56 bits per heavy atom. The monoisotopic (exact) mass is 252 g/mol. The number of nitrogens with two attached hydrogens (primary N) is 2. The molecule has 1 aliphatic rings. The molecule has 1 amide bonds. The molecule has 0 aliphatic carbocycles. The second kappa shape index (κ2) is 4.43. The molecule has 0 bridgehead atoms. The van der Waals surface area contributed by atoms with Crippen LogP contribution in [0.3, 0.4) is 0 Å². The van der Waals surface area contributed by atoms with E-state index >= 15 is 0 Å². The van der Waals surface area contributed by atoms with Gasteiger partial charge >= 0.3 is 5.69 Å². The number of hydrogen-bond donors (Lipinski definition) is 2. The molecular weight excluding hydrogens is 240 g/mol. The highest BCUT2D eigenvalue weighted by molar-refractivity contribution is 5.85. The molecule has 0 saturated carbocycles. The molecule has 1 aliphatic heterocycles. The fourth-order valence-corrected chi connectivity index (χ4v) is 2.08. The fourth-order valence-electron chi connectivity index (χ4n) is 2.08. The van der Waals surface area contributed by atoms with Gasteiger partial charge in [0, 0.05) is 6.54 Å². The first kappa shape index (κ1) is 12.0. The summed E-state index contributed by atoms with van der Waals surface area (Å²) in [7, 11) is 0. The zero-order valence-corrected chi connectivity index (χ0v) is 9.44. The highest BCUT2D eigenvalue weighted by Crippen LogP contribution is 2.34. The van der Waals surface area contributed by atoms with Gasteiger partial charge in [-0.3, -0.25) is 14.9 Å². The zero-order valence-electron chi connectivity index (χ0n) is 9.44. The van der Waals surface area contributed by atoms with E-state index in [1.54, 1.807) is 0 Å². The Bertz CT molecular complexity index is 505. The minimum Gasteiger partial charge on any atom is -0.378 e. The quantitative estimate of drug-likeness (QED) is 0.541. The summed E-state index contributed by atoms with van der Waals surface area (Å²) >= 11 is 0. The van der Waals surface area contributed by atoms with E-state index in [1.807, 2.05) is 0 Å². The van der Waals surface area contributed by atoms with Gasteiger partial charge in [0.2, 0.25) is 17.5 Å². The van der Waals surface area contributed by atoms with Crippen molar-refractivity contribution in [3.05, 3.63) is 16.4 Å². The van der Waals surface area contributed by atoms with Gasteiger partial charge in [-0.1, -0.05) is 0 Å². The number of carbonyl (C=O) groups excluding carboxylic acids is 1. The van der Waals surface area contributed by atoms with Crippen molar-refractivity contribution in [2.24, 2.45) is 5.73 Å². The molecule has 0 spiro atoms. The average molecular weight is 252 g/mol. The van der Waals surface area contributed by atoms with Crippen LogP contribution >= 0.6 is 0 Å². The molecule has 9 nitrogen and oxygen atoms in total. The lowest BCUT2D eigenvalue weighted by atomic mass is 10.2. The van der Waals surface area contributed by atoms with Gasteiger partial charge in [-0.05, 0) is 12.8 Å². The number of rotatable bonds is 3. The molecule has 4 N–H and O–H groups in total. The molecule has 1 saturated heterocycles. The molecule has 1 fully saturated rings. The van der Waals surface area contributed by atoms with Gasteiger partial charge in [-0.2, -0.15) is 0 Å². The molecule has 0 radical (unpaired) electrons. The summed E-state index contributed by atoms with van der Waals surface area (Å²) in [4.78, 5) is 30.6. The minimum atomic E-state index is -0.652. The number of aromatic nitrogens is 2. The Labute approximate surface area is 102 Å². The SMILES string of the molecule is NC(=O)C1CCCN1c1ncnc(N)c1[N+](=O)[O-]. The van der Waals surface area contributed by atoms with Crippen molar-refractivity contribution < 1.29 is 9.72 Å². The summed E-state index contributed by atoms with van der Waals surface area (Å²) in [5.41, 5.74) is 10.4. The molecule has 96 valence electrons. The smallest absolute Gasteiger partial charge is 0.353 e. The second-order valence-electron chi connectivity index (χ2n) is 3.94. The van der Waals surface area contributed by atoms with Gasteiger partial charge in [0.1, 0.15) is 12.4 Å².